The molecule has 0 aromatic heterocycles. The van der Waals surface area contributed by atoms with Crippen molar-refractivity contribution in [1.82, 2.24) is 5.32 Å². The molecule has 0 amide bonds. The Morgan fingerprint density at radius 2 is 1.79 bits per heavy atom. The summed E-state index contributed by atoms with van der Waals surface area (Å²) >= 11 is 0. The van der Waals surface area contributed by atoms with Gasteiger partial charge in [-0.2, -0.15) is 0 Å². The Hall–Kier alpha value is -0.870. The van der Waals surface area contributed by atoms with E-state index >= 15 is 0 Å². The Bertz CT molecular complexity index is 403. The van der Waals surface area contributed by atoms with Crippen molar-refractivity contribution in [3.05, 3.63) is 29.8 Å². The highest BCUT2D eigenvalue weighted by molar-refractivity contribution is 7.84. The van der Waals surface area contributed by atoms with Crippen molar-refractivity contribution in [3.8, 4) is 0 Å². The molecule has 3 nitrogen and oxygen atoms in total. The molecule has 0 aliphatic heterocycles. The van der Waals surface area contributed by atoms with Gasteiger partial charge in [-0.25, -0.2) is 0 Å². The summed E-state index contributed by atoms with van der Waals surface area (Å²) in [5, 5.41) is 3.75. The van der Waals surface area contributed by atoms with E-state index in [-0.39, 0.29) is 5.25 Å². The van der Waals surface area contributed by atoms with Crippen molar-refractivity contribution in [1.29, 1.82) is 0 Å². The molecule has 0 saturated carbocycles. The summed E-state index contributed by atoms with van der Waals surface area (Å²) in [7, 11) is 3.37. The van der Waals surface area contributed by atoms with Crippen LogP contribution in [0, 0.1) is 0 Å². The monoisotopic (exact) mass is 282 g/mol. The van der Waals surface area contributed by atoms with Crippen molar-refractivity contribution in [2.75, 3.05) is 31.8 Å². The topological polar surface area (TPSA) is 32.3 Å². The van der Waals surface area contributed by atoms with Crippen LogP contribution in [0.25, 0.3) is 0 Å². The first-order valence-corrected chi connectivity index (χ1v) is 8.37. The number of nitrogens with zero attached hydrogens (tertiary/aromatic N) is 1. The maximum Gasteiger partial charge on any atom is 0.0361 e. The minimum Gasteiger partial charge on any atom is -0.378 e. The fourth-order valence-electron chi connectivity index (χ4n) is 1.85. The molecular formula is C15H26N2OS. The second-order valence-electron chi connectivity index (χ2n) is 5.26. The van der Waals surface area contributed by atoms with Gasteiger partial charge < -0.3 is 10.2 Å². The van der Waals surface area contributed by atoms with E-state index in [0.29, 0.717) is 6.04 Å². The van der Waals surface area contributed by atoms with Crippen LogP contribution in [0.5, 0.6) is 0 Å². The van der Waals surface area contributed by atoms with Gasteiger partial charge in [0.15, 0.2) is 0 Å². The highest BCUT2D eigenvalue weighted by Crippen LogP contribution is 2.17. The Morgan fingerprint density at radius 1 is 1.21 bits per heavy atom. The maximum atomic E-state index is 11.3. The number of rotatable bonds is 7. The molecular weight excluding hydrogens is 256 g/mol. The van der Waals surface area contributed by atoms with Crippen LogP contribution >= 0.6 is 0 Å². The lowest BCUT2D eigenvalue weighted by Crippen LogP contribution is -2.24. The van der Waals surface area contributed by atoms with Gasteiger partial charge in [-0.05, 0) is 37.6 Å². The SMILES string of the molecule is CC(NCCC(C)S(C)=O)c1ccc(N(C)C)cc1. The summed E-state index contributed by atoms with van der Waals surface area (Å²) in [4.78, 5) is 2.10. The van der Waals surface area contributed by atoms with Gasteiger partial charge in [0.25, 0.3) is 0 Å². The predicted molar refractivity (Wildman–Crippen MR) is 85.3 cm³/mol. The molecule has 3 unspecified atom stereocenters. The Morgan fingerprint density at radius 3 is 2.26 bits per heavy atom. The zero-order valence-electron chi connectivity index (χ0n) is 12.6. The summed E-state index contributed by atoms with van der Waals surface area (Å²) in [5.41, 5.74) is 2.50. The van der Waals surface area contributed by atoms with Crippen LogP contribution in [0.2, 0.25) is 0 Å². The smallest absolute Gasteiger partial charge is 0.0361 e. The molecule has 0 radical (unpaired) electrons. The predicted octanol–water partition coefficient (Wildman–Crippen LogP) is 2.56. The maximum absolute atomic E-state index is 11.3. The van der Waals surface area contributed by atoms with Crippen LogP contribution < -0.4 is 10.2 Å². The summed E-state index contributed by atoms with van der Waals surface area (Å²) in [6.07, 6.45) is 2.72. The zero-order chi connectivity index (χ0) is 14.4. The number of hydrogen-bond acceptors (Lipinski definition) is 3. The molecule has 3 atom stereocenters. The van der Waals surface area contributed by atoms with Gasteiger partial charge in [0, 0.05) is 48.1 Å². The molecule has 0 saturated heterocycles. The van der Waals surface area contributed by atoms with E-state index < -0.39 is 10.8 Å². The summed E-state index contributed by atoms with van der Waals surface area (Å²) in [6.45, 7) is 5.10. The van der Waals surface area contributed by atoms with Gasteiger partial charge in [0.1, 0.15) is 0 Å². The fraction of sp³-hybridized carbons (Fsp3) is 0.600. The van der Waals surface area contributed by atoms with Crippen molar-refractivity contribution < 1.29 is 4.21 Å². The van der Waals surface area contributed by atoms with Crippen molar-refractivity contribution >= 4 is 16.5 Å². The average molecular weight is 282 g/mol. The van der Waals surface area contributed by atoms with Gasteiger partial charge >= 0.3 is 0 Å². The van der Waals surface area contributed by atoms with Crippen molar-refractivity contribution in [3.63, 3.8) is 0 Å². The number of hydrogen-bond donors (Lipinski definition) is 1. The number of nitrogens with one attached hydrogen (secondary N) is 1. The molecule has 0 heterocycles. The van der Waals surface area contributed by atoms with Crippen molar-refractivity contribution in [2.45, 2.75) is 31.6 Å². The first-order chi connectivity index (χ1) is 8.91. The largest absolute Gasteiger partial charge is 0.378 e. The van der Waals surface area contributed by atoms with Crippen molar-refractivity contribution in [2.24, 2.45) is 0 Å². The minimum atomic E-state index is -0.723. The number of benzene rings is 1. The molecule has 1 aromatic carbocycles. The molecule has 0 bridgehead atoms. The molecule has 0 spiro atoms. The highest BCUT2D eigenvalue weighted by Gasteiger charge is 2.08. The zero-order valence-corrected chi connectivity index (χ0v) is 13.5. The number of anilines is 1. The first-order valence-electron chi connectivity index (χ1n) is 6.74. The van der Waals surface area contributed by atoms with Crippen LogP contribution in [-0.2, 0) is 10.8 Å². The minimum absolute atomic E-state index is 0.260. The fourth-order valence-corrected chi connectivity index (χ4v) is 2.30. The third kappa shape index (κ3) is 5.33. The van der Waals surface area contributed by atoms with Crippen LogP contribution in [0.3, 0.4) is 0 Å². The summed E-state index contributed by atoms with van der Waals surface area (Å²) in [5.74, 6) is 0. The molecule has 1 aromatic rings. The second-order valence-corrected chi connectivity index (χ2v) is 7.06. The normalized spacial score (nSPS) is 15.8. The summed E-state index contributed by atoms with van der Waals surface area (Å²) < 4.78 is 11.3. The third-order valence-electron chi connectivity index (χ3n) is 3.48. The van der Waals surface area contributed by atoms with Crippen LogP contribution in [0.15, 0.2) is 24.3 Å². The third-order valence-corrected chi connectivity index (χ3v) is 4.85. The van der Waals surface area contributed by atoms with E-state index in [1.54, 1.807) is 6.26 Å². The van der Waals surface area contributed by atoms with E-state index in [1.807, 2.05) is 21.0 Å². The lowest BCUT2D eigenvalue weighted by molar-refractivity contribution is 0.554. The Kier molecular flexibility index (Phi) is 6.52. The molecule has 1 rings (SSSR count). The van der Waals surface area contributed by atoms with Crippen LogP contribution in [-0.4, -0.2) is 36.4 Å². The first kappa shape index (κ1) is 16.2. The quantitative estimate of drug-likeness (QED) is 0.834. The second kappa shape index (κ2) is 7.65. The average Bonchev–Trinajstić information content (AvgIpc) is 2.38. The molecule has 19 heavy (non-hydrogen) atoms. The van der Waals surface area contributed by atoms with Gasteiger partial charge in [0.05, 0.1) is 0 Å². The van der Waals surface area contributed by atoms with E-state index in [4.69, 9.17) is 0 Å². The summed E-state index contributed by atoms with van der Waals surface area (Å²) in [6, 6.07) is 8.92. The molecule has 4 heteroatoms. The van der Waals surface area contributed by atoms with Gasteiger partial charge in [-0.15, -0.1) is 0 Å². The molecule has 0 fully saturated rings. The van der Waals surface area contributed by atoms with Gasteiger partial charge in [-0.3, -0.25) is 4.21 Å². The van der Waals surface area contributed by atoms with E-state index in [9.17, 15) is 4.21 Å². The van der Waals surface area contributed by atoms with Crippen LogP contribution in [0.1, 0.15) is 31.9 Å². The molecule has 0 aliphatic rings. The lowest BCUT2D eigenvalue weighted by Gasteiger charge is -2.18. The Balaban J connectivity index is 2.45. The Labute approximate surface area is 119 Å². The van der Waals surface area contributed by atoms with Gasteiger partial charge in [0.2, 0.25) is 0 Å². The van der Waals surface area contributed by atoms with E-state index in [1.165, 1.54) is 11.3 Å². The van der Waals surface area contributed by atoms with Gasteiger partial charge in [-0.1, -0.05) is 19.1 Å². The standard InChI is InChI=1S/C15H26N2OS/c1-12(19(5)18)10-11-16-13(2)14-6-8-15(9-7-14)17(3)4/h6-9,12-13,16H,10-11H2,1-5H3. The molecule has 108 valence electrons. The molecule has 0 aliphatic carbocycles. The highest BCUT2D eigenvalue weighted by atomic mass is 32.2. The molecule has 1 N–H and O–H groups in total. The lowest BCUT2D eigenvalue weighted by atomic mass is 10.1. The van der Waals surface area contributed by atoms with E-state index in [0.717, 1.165) is 13.0 Å². The van der Waals surface area contributed by atoms with Crippen LogP contribution in [0.4, 0.5) is 5.69 Å². The van der Waals surface area contributed by atoms with E-state index in [2.05, 4.69) is 41.4 Å².